The summed E-state index contributed by atoms with van der Waals surface area (Å²) < 4.78 is 0. The van der Waals surface area contributed by atoms with Crippen LogP contribution in [0.1, 0.15) is 24.8 Å². The van der Waals surface area contributed by atoms with E-state index >= 15 is 0 Å². The summed E-state index contributed by atoms with van der Waals surface area (Å²) in [5.41, 5.74) is 1.33. The first-order valence-corrected chi connectivity index (χ1v) is 6.41. The molecule has 18 heavy (non-hydrogen) atoms. The molecular weight excluding hydrogens is 248 g/mol. The van der Waals surface area contributed by atoms with Crippen LogP contribution in [-0.2, 0) is 11.2 Å². The molecule has 0 aromatic heterocycles. The third-order valence-corrected chi connectivity index (χ3v) is 3.16. The Morgan fingerprint density at radius 3 is 2.78 bits per heavy atom. The van der Waals surface area contributed by atoms with Gasteiger partial charge >= 0.3 is 0 Å². The van der Waals surface area contributed by atoms with Crippen molar-refractivity contribution in [1.29, 1.82) is 0 Å². The van der Waals surface area contributed by atoms with E-state index in [9.17, 15) is 4.79 Å². The second kappa shape index (κ2) is 8.11. The molecule has 1 heterocycles. The Balaban J connectivity index is 0.00000162. The van der Waals surface area contributed by atoms with E-state index in [1.165, 1.54) is 5.56 Å². The van der Waals surface area contributed by atoms with Crippen LogP contribution in [0.15, 0.2) is 30.3 Å². The predicted molar refractivity (Wildman–Crippen MR) is 76.0 cm³/mol. The molecule has 0 bridgehead atoms. The van der Waals surface area contributed by atoms with Crippen molar-refractivity contribution < 1.29 is 4.79 Å². The lowest BCUT2D eigenvalue weighted by Crippen LogP contribution is -2.40. The highest BCUT2D eigenvalue weighted by atomic mass is 35.5. The van der Waals surface area contributed by atoms with Crippen LogP contribution in [0.25, 0.3) is 0 Å². The highest BCUT2D eigenvalue weighted by Gasteiger charge is 2.20. The van der Waals surface area contributed by atoms with Gasteiger partial charge in [0.15, 0.2) is 0 Å². The van der Waals surface area contributed by atoms with Gasteiger partial charge in [-0.15, -0.1) is 12.4 Å². The van der Waals surface area contributed by atoms with E-state index in [0.717, 1.165) is 38.8 Å². The molecule has 1 saturated heterocycles. The molecule has 3 nitrogen and oxygen atoms in total. The molecule has 1 amide bonds. The minimum Gasteiger partial charge on any atom is -0.355 e. The average Bonchev–Trinajstić information content (AvgIpc) is 2.89. The molecule has 1 aliphatic heterocycles. The second-order valence-electron chi connectivity index (χ2n) is 4.53. The van der Waals surface area contributed by atoms with E-state index in [1.807, 2.05) is 6.07 Å². The van der Waals surface area contributed by atoms with Gasteiger partial charge in [-0.05, 0) is 37.8 Å². The van der Waals surface area contributed by atoms with Gasteiger partial charge < -0.3 is 10.6 Å². The van der Waals surface area contributed by atoms with Crippen LogP contribution in [0.4, 0.5) is 0 Å². The molecule has 1 unspecified atom stereocenters. The van der Waals surface area contributed by atoms with Crippen LogP contribution >= 0.6 is 12.4 Å². The van der Waals surface area contributed by atoms with Crippen molar-refractivity contribution >= 4 is 18.3 Å². The fourth-order valence-electron chi connectivity index (χ4n) is 2.18. The number of nitrogens with one attached hydrogen (secondary N) is 2. The number of hydrogen-bond acceptors (Lipinski definition) is 2. The van der Waals surface area contributed by atoms with E-state index in [-0.39, 0.29) is 24.4 Å². The van der Waals surface area contributed by atoms with E-state index in [4.69, 9.17) is 0 Å². The third kappa shape index (κ3) is 4.67. The maximum atomic E-state index is 11.7. The number of hydrogen-bond donors (Lipinski definition) is 2. The molecule has 0 aliphatic carbocycles. The highest BCUT2D eigenvalue weighted by molar-refractivity contribution is 5.85. The molecule has 1 atom stereocenters. The number of benzene rings is 1. The van der Waals surface area contributed by atoms with E-state index in [0.29, 0.717) is 0 Å². The average molecular weight is 269 g/mol. The van der Waals surface area contributed by atoms with Gasteiger partial charge in [-0.2, -0.15) is 0 Å². The van der Waals surface area contributed by atoms with Crippen molar-refractivity contribution in [3.05, 3.63) is 35.9 Å². The molecule has 0 spiro atoms. The van der Waals surface area contributed by atoms with Gasteiger partial charge in [-0.1, -0.05) is 30.3 Å². The molecular formula is C14H21ClN2O. The maximum Gasteiger partial charge on any atom is 0.237 e. The Morgan fingerprint density at radius 1 is 1.33 bits per heavy atom. The molecule has 1 aromatic rings. The van der Waals surface area contributed by atoms with Gasteiger partial charge in [0.25, 0.3) is 0 Å². The molecule has 4 heteroatoms. The number of rotatable bonds is 5. The minimum absolute atomic E-state index is 0. The van der Waals surface area contributed by atoms with Crippen LogP contribution in [0.2, 0.25) is 0 Å². The number of carbonyl (C=O) groups is 1. The van der Waals surface area contributed by atoms with Gasteiger partial charge in [0, 0.05) is 6.54 Å². The van der Waals surface area contributed by atoms with Gasteiger partial charge in [-0.3, -0.25) is 4.79 Å². The number of carbonyl (C=O) groups excluding carboxylic acids is 1. The molecule has 2 N–H and O–H groups in total. The monoisotopic (exact) mass is 268 g/mol. The lowest BCUT2D eigenvalue weighted by Gasteiger charge is -2.10. The van der Waals surface area contributed by atoms with Crippen molar-refractivity contribution in [3.63, 3.8) is 0 Å². The molecule has 1 aliphatic rings. The number of halogens is 1. The molecule has 1 aromatic carbocycles. The lowest BCUT2D eigenvalue weighted by atomic mass is 10.1. The Hall–Kier alpha value is -1.06. The zero-order valence-corrected chi connectivity index (χ0v) is 11.3. The van der Waals surface area contributed by atoms with Crippen molar-refractivity contribution in [1.82, 2.24) is 10.6 Å². The number of aryl methyl sites for hydroxylation is 1. The summed E-state index contributed by atoms with van der Waals surface area (Å²) in [6.45, 7) is 1.74. The maximum absolute atomic E-state index is 11.7. The number of amides is 1. The molecule has 1 fully saturated rings. The summed E-state index contributed by atoms with van der Waals surface area (Å²) in [7, 11) is 0. The third-order valence-electron chi connectivity index (χ3n) is 3.16. The zero-order chi connectivity index (χ0) is 11.9. The first-order chi connectivity index (χ1) is 8.36. The van der Waals surface area contributed by atoms with Crippen LogP contribution < -0.4 is 10.6 Å². The summed E-state index contributed by atoms with van der Waals surface area (Å²) in [6, 6.07) is 10.4. The Kier molecular flexibility index (Phi) is 6.76. The van der Waals surface area contributed by atoms with E-state index in [1.54, 1.807) is 0 Å². The van der Waals surface area contributed by atoms with Gasteiger partial charge in [0.2, 0.25) is 5.91 Å². The fourth-order valence-corrected chi connectivity index (χ4v) is 2.18. The zero-order valence-electron chi connectivity index (χ0n) is 10.5. The molecule has 0 radical (unpaired) electrons. The SMILES string of the molecule is Cl.O=C(NCCCc1ccccc1)C1CCCN1. The summed E-state index contributed by atoms with van der Waals surface area (Å²) in [6.07, 6.45) is 4.12. The van der Waals surface area contributed by atoms with E-state index < -0.39 is 0 Å². The largest absolute Gasteiger partial charge is 0.355 e. The summed E-state index contributed by atoms with van der Waals surface area (Å²) >= 11 is 0. The Bertz CT molecular complexity index is 350. The summed E-state index contributed by atoms with van der Waals surface area (Å²) in [5, 5.41) is 6.20. The normalized spacial score (nSPS) is 18.1. The van der Waals surface area contributed by atoms with Crippen molar-refractivity contribution in [2.75, 3.05) is 13.1 Å². The van der Waals surface area contributed by atoms with Crippen molar-refractivity contribution in [3.8, 4) is 0 Å². The van der Waals surface area contributed by atoms with Crippen LogP contribution in [0.3, 0.4) is 0 Å². The minimum atomic E-state index is 0. The topological polar surface area (TPSA) is 41.1 Å². The van der Waals surface area contributed by atoms with Crippen LogP contribution in [0, 0.1) is 0 Å². The first kappa shape index (κ1) is 15.0. The van der Waals surface area contributed by atoms with Gasteiger partial charge in [0.1, 0.15) is 0 Å². The van der Waals surface area contributed by atoms with E-state index in [2.05, 4.69) is 34.9 Å². The molecule has 100 valence electrons. The van der Waals surface area contributed by atoms with Crippen LogP contribution in [0.5, 0.6) is 0 Å². The fraction of sp³-hybridized carbons (Fsp3) is 0.500. The smallest absolute Gasteiger partial charge is 0.237 e. The Labute approximate surface area is 115 Å². The van der Waals surface area contributed by atoms with Gasteiger partial charge in [0.05, 0.1) is 6.04 Å². The lowest BCUT2D eigenvalue weighted by molar-refractivity contribution is -0.122. The van der Waals surface area contributed by atoms with Crippen LogP contribution in [-0.4, -0.2) is 25.0 Å². The first-order valence-electron chi connectivity index (χ1n) is 6.41. The molecule has 0 saturated carbocycles. The summed E-state index contributed by atoms with van der Waals surface area (Å²) in [4.78, 5) is 11.7. The standard InChI is InChI=1S/C14H20N2O.ClH/c17-14(13-9-5-10-15-13)16-11-4-8-12-6-2-1-3-7-12;/h1-3,6-7,13,15H,4-5,8-11H2,(H,16,17);1H. The van der Waals surface area contributed by atoms with Crippen molar-refractivity contribution in [2.45, 2.75) is 31.7 Å². The second-order valence-corrected chi connectivity index (χ2v) is 4.53. The molecule has 2 rings (SSSR count). The Morgan fingerprint density at radius 2 is 2.11 bits per heavy atom. The van der Waals surface area contributed by atoms with Crippen molar-refractivity contribution in [2.24, 2.45) is 0 Å². The van der Waals surface area contributed by atoms with Gasteiger partial charge in [-0.25, -0.2) is 0 Å². The highest BCUT2D eigenvalue weighted by Crippen LogP contribution is 2.05. The quantitative estimate of drug-likeness (QED) is 0.801. The predicted octanol–water partition coefficient (Wildman–Crippen LogP) is 1.91. The summed E-state index contributed by atoms with van der Waals surface area (Å²) in [5.74, 6) is 0.163.